The summed E-state index contributed by atoms with van der Waals surface area (Å²) in [6, 6.07) is 12.8. The molecule has 5 heteroatoms. The number of hydrogen-bond acceptors (Lipinski definition) is 3. The number of rotatable bonds is 5. The first kappa shape index (κ1) is 17.3. The molecule has 2 rings (SSSR count). The molecule has 0 radical (unpaired) electrons. The highest BCUT2D eigenvalue weighted by Crippen LogP contribution is 2.23. The molecule has 0 saturated heterocycles. The summed E-state index contributed by atoms with van der Waals surface area (Å²) in [6.07, 6.45) is 3.17. The highest BCUT2D eigenvalue weighted by atomic mass is 16.5. The van der Waals surface area contributed by atoms with Crippen LogP contribution in [0.15, 0.2) is 48.5 Å². The van der Waals surface area contributed by atoms with E-state index in [4.69, 9.17) is 4.74 Å². The number of amides is 2. The van der Waals surface area contributed by atoms with Gasteiger partial charge in [0.1, 0.15) is 5.75 Å². The molecular formula is C19H20N2O3. The summed E-state index contributed by atoms with van der Waals surface area (Å²) in [7, 11) is 1.60. The van der Waals surface area contributed by atoms with E-state index in [9.17, 15) is 9.59 Å². The first-order chi connectivity index (χ1) is 11.5. The van der Waals surface area contributed by atoms with Crippen molar-refractivity contribution in [2.24, 2.45) is 0 Å². The van der Waals surface area contributed by atoms with E-state index in [1.54, 1.807) is 31.4 Å². The van der Waals surface area contributed by atoms with E-state index in [1.807, 2.05) is 31.2 Å². The molecule has 0 heterocycles. The van der Waals surface area contributed by atoms with Gasteiger partial charge < -0.3 is 15.4 Å². The van der Waals surface area contributed by atoms with Crippen LogP contribution in [-0.2, 0) is 9.59 Å². The molecule has 2 aromatic carbocycles. The second-order valence-corrected chi connectivity index (χ2v) is 5.26. The lowest BCUT2D eigenvalue weighted by Crippen LogP contribution is -2.12. The average Bonchev–Trinajstić information content (AvgIpc) is 2.56. The molecular weight excluding hydrogens is 304 g/mol. The van der Waals surface area contributed by atoms with Crippen LogP contribution in [0, 0.1) is 6.92 Å². The molecule has 5 nitrogen and oxygen atoms in total. The van der Waals surface area contributed by atoms with E-state index in [0.29, 0.717) is 11.4 Å². The molecule has 0 unspecified atom stereocenters. The van der Waals surface area contributed by atoms with Gasteiger partial charge in [-0.2, -0.15) is 0 Å². The second kappa shape index (κ2) is 7.97. The lowest BCUT2D eigenvalue weighted by atomic mass is 10.1. The van der Waals surface area contributed by atoms with Gasteiger partial charge in [0.2, 0.25) is 11.8 Å². The molecule has 0 saturated carbocycles. The summed E-state index contributed by atoms with van der Waals surface area (Å²) in [6.45, 7) is 3.29. The molecule has 0 aromatic heterocycles. The van der Waals surface area contributed by atoms with Crippen molar-refractivity contribution in [2.75, 3.05) is 17.7 Å². The molecule has 0 spiro atoms. The van der Waals surface area contributed by atoms with Crippen molar-refractivity contribution in [3.8, 4) is 5.75 Å². The Balaban J connectivity index is 2.09. The number of anilines is 2. The highest BCUT2D eigenvalue weighted by molar-refractivity contribution is 6.03. The van der Waals surface area contributed by atoms with Crippen LogP contribution in [0.25, 0.3) is 6.08 Å². The monoisotopic (exact) mass is 324 g/mol. The lowest BCUT2D eigenvalue weighted by molar-refractivity contribution is -0.114. The van der Waals surface area contributed by atoms with Gasteiger partial charge in [0, 0.05) is 24.4 Å². The SMILES string of the molecule is COc1cccc(/C=C/C(=O)Nc2cccc(NC(C)=O)c2C)c1. The molecule has 2 N–H and O–H groups in total. The molecule has 0 fully saturated rings. The van der Waals surface area contributed by atoms with Crippen LogP contribution in [0.2, 0.25) is 0 Å². The number of ether oxygens (including phenoxy) is 1. The lowest BCUT2D eigenvalue weighted by Gasteiger charge is -2.11. The summed E-state index contributed by atoms with van der Waals surface area (Å²) in [5, 5.41) is 5.55. The van der Waals surface area contributed by atoms with E-state index >= 15 is 0 Å². The van der Waals surface area contributed by atoms with Crippen LogP contribution in [0.1, 0.15) is 18.1 Å². The quantitative estimate of drug-likeness (QED) is 0.826. The molecule has 2 aromatic rings. The van der Waals surface area contributed by atoms with Gasteiger partial charge >= 0.3 is 0 Å². The largest absolute Gasteiger partial charge is 0.497 e. The van der Waals surface area contributed by atoms with E-state index in [2.05, 4.69) is 10.6 Å². The molecule has 2 amide bonds. The Morgan fingerprint density at radius 2 is 1.71 bits per heavy atom. The number of benzene rings is 2. The molecule has 124 valence electrons. The molecule has 0 aliphatic rings. The van der Waals surface area contributed by atoms with Crippen LogP contribution < -0.4 is 15.4 Å². The standard InChI is InChI=1S/C19H20N2O3/c1-13-17(20-14(2)22)8-5-9-18(13)21-19(23)11-10-15-6-4-7-16(12-15)24-3/h4-12H,1-3H3,(H,20,22)(H,21,23)/b11-10+. The van der Waals surface area contributed by atoms with E-state index < -0.39 is 0 Å². The van der Waals surface area contributed by atoms with E-state index in [1.165, 1.54) is 13.0 Å². The third-order valence-electron chi connectivity index (χ3n) is 3.42. The minimum Gasteiger partial charge on any atom is -0.497 e. The number of hydrogen-bond donors (Lipinski definition) is 2. The van der Waals surface area contributed by atoms with Gasteiger partial charge in [0.25, 0.3) is 0 Å². The first-order valence-corrected chi connectivity index (χ1v) is 7.50. The van der Waals surface area contributed by atoms with Crippen LogP contribution >= 0.6 is 0 Å². The number of carbonyl (C=O) groups is 2. The third-order valence-corrected chi connectivity index (χ3v) is 3.42. The maximum atomic E-state index is 12.1. The van der Waals surface area contributed by atoms with Crippen LogP contribution in [-0.4, -0.2) is 18.9 Å². The van der Waals surface area contributed by atoms with Gasteiger partial charge in [-0.05, 0) is 48.4 Å². The van der Waals surface area contributed by atoms with Gasteiger partial charge in [-0.25, -0.2) is 0 Å². The maximum absolute atomic E-state index is 12.1. The molecule has 0 atom stereocenters. The fraction of sp³-hybridized carbons (Fsp3) is 0.158. The predicted molar refractivity (Wildman–Crippen MR) is 96.1 cm³/mol. The fourth-order valence-electron chi connectivity index (χ4n) is 2.19. The van der Waals surface area contributed by atoms with Crippen molar-refractivity contribution in [3.63, 3.8) is 0 Å². The first-order valence-electron chi connectivity index (χ1n) is 7.50. The highest BCUT2D eigenvalue weighted by Gasteiger charge is 2.07. The molecule has 0 bridgehead atoms. The van der Waals surface area contributed by atoms with E-state index in [-0.39, 0.29) is 11.8 Å². The summed E-state index contributed by atoms with van der Waals surface area (Å²) in [4.78, 5) is 23.3. The minimum absolute atomic E-state index is 0.153. The summed E-state index contributed by atoms with van der Waals surface area (Å²) >= 11 is 0. The van der Waals surface area contributed by atoms with Gasteiger partial charge in [0.05, 0.1) is 7.11 Å². The van der Waals surface area contributed by atoms with Gasteiger partial charge in [-0.1, -0.05) is 18.2 Å². The summed E-state index contributed by atoms with van der Waals surface area (Å²) < 4.78 is 5.15. The zero-order chi connectivity index (χ0) is 17.5. The van der Waals surface area contributed by atoms with Crippen molar-refractivity contribution in [1.82, 2.24) is 0 Å². The number of nitrogens with one attached hydrogen (secondary N) is 2. The Morgan fingerprint density at radius 3 is 2.38 bits per heavy atom. The number of carbonyl (C=O) groups excluding carboxylic acids is 2. The Hall–Kier alpha value is -3.08. The Kier molecular flexibility index (Phi) is 5.73. The van der Waals surface area contributed by atoms with Crippen LogP contribution in [0.3, 0.4) is 0 Å². The van der Waals surface area contributed by atoms with Gasteiger partial charge in [-0.15, -0.1) is 0 Å². The van der Waals surface area contributed by atoms with Crippen molar-refractivity contribution >= 4 is 29.3 Å². The number of methoxy groups -OCH3 is 1. The maximum Gasteiger partial charge on any atom is 0.248 e. The fourth-order valence-corrected chi connectivity index (χ4v) is 2.19. The smallest absolute Gasteiger partial charge is 0.248 e. The van der Waals surface area contributed by atoms with Gasteiger partial charge in [0.15, 0.2) is 0 Å². The molecule has 24 heavy (non-hydrogen) atoms. The van der Waals surface area contributed by atoms with Crippen molar-refractivity contribution in [1.29, 1.82) is 0 Å². The van der Waals surface area contributed by atoms with E-state index in [0.717, 1.165) is 16.9 Å². The second-order valence-electron chi connectivity index (χ2n) is 5.26. The Morgan fingerprint density at radius 1 is 1.04 bits per heavy atom. The molecule has 0 aliphatic carbocycles. The summed E-state index contributed by atoms with van der Waals surface area (Å²) in [5.74, 6) is 0.330. The Labute approximate surface area is 141 Å². The summed E-state index contributed by atoms with van der Waals surface area (Å²) in [5.41, 5.74) is 3.00. The topological polar surface area (TPSA) is 67.4 Å². The zero-order valence-electron chi connectivity index (χ0n) is 13.9. The zero-order valence-corrected chi connectivity index (χ0v) is 13.9. The van der Waals surface area contributed by atoms with Crippen LogP contribution in [0.5, 0.6) is 5.75 Å². The van der Waals surface area contributed by atoms with Crippen molar-refractivity contribution < 1.29 is 14.3 Å². The Bertz CT molecular complexity index is 782. The normalized spacial score (nSPS) is 10.5. The van der Waals surface area contributed by atoms with Gasteiger partial charge in [-0.3, -0.25) is 9.59 Å². The minimum atomic E-state index is -0.249. The van der Waals surface area contributed by atoms with Crippen molar-refractivity contribution in [2.45, 2.75) is 13.8 Å². The van der Waals surface area contributed by atoms with Crippen molar-refractivity contribution in [3.05, 3.63) is 59.7 Å². The predicted octanol–water partition coefficient (Wildman–Crippen LogP) is 3.61. The average molecular weight is 324 g/mol. The van der Waals surface area contributed by atoms with Crippen LogP contribution in [0.4, 0.5) is 11.4 Å². The third kappa shape index (κ3) is 4.71. The molecule has 0 aliphatic heterocycles.